The molecule has 0 spiro atoms. The fraction of sp³-hybridized carbons (Fsp3) is 0.652. The summed E-state index contributed by atoms with van der Waals surface area (Å²) in [6, 6.07) is 6.89. The van der Waals surface area contributed by atoms with E-state index < -0.39 is 6.10 Å². The summed E-state index contributed by atoms with van der Waals surface area (Å²) in [5.41, 5.74) is 0.612. The number of amides is 3. The second-order valence-electron chi connectivity index (χ2n) is 8.85. The number of benzene rings is 1. The van der Waals surface area contributed by atoms with Gasteiger partial charge in [-0.15, -0.1) is 0 Å². The monoisotopic (exact) mass is 447 g/mol. The molecule has 3 N–H and O–H groups in total. The lowest BCUT2D eigenvalue weighted by molar-refractivity contribution is -0.150. The van der Waals surface area contributed by atoms with E-state index >= 15 is 0 Å². The molecule has 9 nitrogen and oxygen atoms in total. The van der Waals surface area contributed by atoms with Crippen LogP contribution >= 0.6 is 0 Å². The van der Waals surface area contributed by atoms with Gasteiger partial charge in [-0.3, -0.25) is 4.79 Å². The maximum atomic E-state index is 13.2. The molecule has 4 rings (SSSR count). The number of hydrogen-bond acceptors (Lipinski definition) is 6. The van der Waals surface area contributed by atoms with Gasteiger partial charge in [0, 0.05) is 17.8 Å². The molecule has 9 heteroatoms. The Bertz CT molecular complexity index is 802. The van der Waals surface area contributed by atoms with E-state index in [0.29, 0.717) is 36.7 Å². The number of hydrogen-bond donors (Lipinski definition) is 3. The lowest BCUT2D eigenvalue weighted by atomic mass is 9.92. The van der Waals surface area contributed by atoms with Gasteiger partial charge in [-0.1, -0.05) is 6.07 Å². The molecule has 1 aromatic carbocycles. The molecule has 0 radical (unpaired) electrons. The average Bonchev–Trinajstić information content (AvgIpc) is 2.74. The van der Waals surface area contributed by atoms with Crippen molar-refractivity contribution in [3.63, 3.8) is 0 Å². The lowest BCUT2D eigenvalue weighted by Gasteiger charge is -2.44. The van der Waals surface area contributed by atoms with Gasteiger partial charge in [-0.05, 0) is 44.2 Å². The summed E-state index contributed by atoms with van der Waals surface area (Å²) in [4.78, 5) is 27.1. The van der Waals surface area contributed by atoms with Gasteiger partial charge >= 0.3 is 6.03 Å². The van der Waals surface area contributed by atoms with Crippen LogP contribution in [0, 0.1) is 0 Å². The largest absolute Gasteiger partial charge is 0.497 e. The number of carbonyl (C=O) groups excluding carboxylic acids is 2. The van der Waals surface area contributed by atoms with Crippen molar-refractivity contribution in [3.8, 4) is 5.75 Å². The van der Waals surface area contributed by atoms with Crippen LogP contribution in [0.2, 0.25) is 0 Å². The predicted molar refractivity (Wildman–Crippen MR) is 118 cm³/mol. The first-order valence-corrected chi connectivity index (χ1v) is 11.4. The Kier molecular flexibility index (Phi) is 7.49. The number of carbonyl (C=O) groups is 2. The smallest absolute Gasteiger partial charge is 0.322 e. The molecular formula is C23H33N3O6. The molecule has 176 valence electrons. The molecule has 2 heterocycles. The molecule has 0 bridgehead atoms. The number of β-amino-alcohol motifs (C(OH)–C–C–N with tert-alkyl or cyclic N) is 1. The van der Waals surface area contributed by atoms with Gasteiger partial charge in [0.2, 0.25) is 5.91 Å². The zero-order valence-corrected chi connectivity index (χ0v) is 18.5. The van der Waals surface area contributed by atoms with Crippen molar-refractivity contribution in [1.29, 1.82) is 0 Å². The minimum atomic E-state index is -0.780. The Balaban J connectivity index is 1.40. The third-order valence-electron chi connectivity index (χ3n) is 6.45. The maximum absolute atomic E-state index is 13.2. The quantitative estimate of drug-likeness (QED) is 0.636. The highest BCUT2D eigenvalue weighted by molar-refractivity contribution is 5.89. The van der Waals surface area contributed by atoms with Crippen LogP contribution in [-0.4, -0.2) is 79.2 Å². The Morgan fingerprint density at radius 1 is 1.22 bits per heavy atom. The van der Waals surface area contributed by atoms with Crippen LogP contribution in [0.25, 0.3) is 0 Å². The summed E-state index contributed by atoms with van der Waals surface area (Å²) < 4.78 is 17.1. The van der Waals surface area contributed by atoms with Crippen LogP contribution in [0.15, 0.2) is 24.3 Å². The second-order valence-corrected chi connectivity index (χ2v) is 8.85. The fourth-order valence-corrected chi connectivity index (χ4v) is 4.52. The van der Waals surface area contributed by atoms with E-state index in [4.69, 9.17) is 14.2 Å². The first-order valence-electron chi connectivity index (χ1n) is 11.4. The highest BCUT2D eigenvalue weighted by Crippen LogP contribution is 2.29. The van der Waals surface area contributed by atoms with Gasteiger partial charge < -0.3 is 34.9 Å². The van der Waals surface area contributed by atoms with Crippen molar-refractivity contribution in [2.45, 2.75) is 68.9 Å². The average molecular weight is 448 g/mol. The third-order valence-corrected chi connectivity index (χ3v) is 6.45. The Hall–Kier alpha value is -2.36. The van der Waals surface area contributed by atoms with E-state index in [2.05, 4.69) is 10.6 Å². The van der Waals surface area contributed by atoms with Crippen LogP contribution in [0.1, 0.15) is 38.5 Å². The predicted octanol–water partition coefficient (Wildman–Crippen LogP) is 1.90. The fourth-order valence-electron chi connectivity index (χ4n) is 4.52. The first kappa shape index (κ1) is 22.8. The summed E-state index contributed by atoms with van der Waals surface area (Å²) in [5.74, 6) is 0.666. The standard InChI is InChI=1S/C23H33N3O6/c1-30-18-7-3-6-16(10-18)25-23(29)26-12-17(27)13-31-14-21-20(26)9-8-19(32-21)11-22(28)24-15-4-2-5-15/h3,6-7,10,15,17,19-21,27H,2,4-5,8-9,11-14H2,1H3,(H,24,28)(H,25,29)/t17-,19+,20+,21-/m1/s1. The summed E-state index contributed by atoms with van der Waals surface area (Å²) >= 11 is 0. The molecule has 3 aliphatic rings. The normalized spacial score (nSPS) is 28.5. The van der Waals surface area contributed by atoms with Crippen LogP contribution in [-0.2, 0) is 14.3 Å². The lowest BCUT2D eigenvalue weighted by Crippen LogP contribution is -2.58. The number of methoxy groups -OCH3 is 1. The van der Waals surface area contributed by atoms with Crippen LogP contribution in [0.4, 0.5) is 10.5 Å². The van der Waals surface area contributed by atoms with E-state index in [-0.39, 0.29) is 49.9 Å². The molecule has 3 amide bonds. The molecule has 4 atom stereocenters. The van der Waals surface area contributed by atoms with E-state index in [9.17, 15) is 14.7 Å². The first-order chi connectivity index (χ1) is 15.5. The van der Waals surface area contributed by atoms with Crippen molar-refractivity contribution >= 4 is 17.6 Å². The number of nitrogens with one attached hydrogen (secondary N) is 2. The summed E-state index contributed by atoms with van der Waals surface area (Å²) in [7, 11) is 1.57. The van der Waals surface area contributed by atoms with Gasteiger partial charge in [-0.25, -0.2) is 4.79 Å². The molecule has 1 aliphatic carbocycles. The Morgan fingerprint density at radius 3 is 2.81 bits per heavy atom. The highest BCUT2D eigenvalue weighted by Gasteiger charge is 2.40. The summed E-state index contributed by atoms with van der Waals surface area (Å²) in [6.45, 7) is 0.543. The summed E-state index contributed by atoms with van der Waals surface area (Å²) in [6.07, 6.45) is 3.60. The SMILES string of the molecule is COc1cccc(NC(=O)N2C[C@@H](O)COC[C@H]3O[C@H](CC(=O)NC4CCC4)CC[C@@H]32)c1. The van der Waals surface area contributed by atoms with Crippen molar-refractivity contribution in [1.82, 2.24) is 10.2 Å². The molecule has 2 aliphatic heterocycles. The number of fused-ring (bicyclic) bond motifs is 1. The molecule has 0 aromatic heterocycles. The van der Waals surface area contributed by atoms with Crippen molar-refractivity contribution in [3.05, 3.63) is 24.3 Å². The van der Waals surface area contributed by atoms with Crippen LogP contribution in [0.3, 0.4) is 0 Å². The summed E-state index contributed by atoms with van der Waals surface area (Å²) in [5, 5.41) is 16.3. The second kappa shape index (κ2) is 10.5. The van der Waals surface area contributed by atoms with E-state index in [1.54, 1.807) is 36.3 Å². The van der Waals surface area contributed by atoms with Crippen molar-refractivity contribution in [2.75, 3.05) is 32.2 Å². The zero-order chi connectivity index (χ0) is 22.5. The third kappa shape index (κ3) is 5.70. The van der Waals surface area contributed by atoms with Gasteiger partial charge in [-0.2, -0.15) is 0 Å². The van der Waals surface area contributed by atoms with Crippen LogP contribution < -0.4 is 15.4 Å². The van der Waals surface area contributed by atoms with Crippen LogP contribution in [0.5, 0.6) is 5.75 Å². The van der Waals surface area contributed by atoms with E-state index in [1.807, 2.05) is 0 Å². The van der Waals surface area contributed by atoms with Gasteiger partial charge in [0.25, 0.3) is 0 Å². The Morgan fingerprint density at radius 2 is 2.06 bits per heavy atom. The van der Waals surface area contributed by atoms with Gasteiger partial charge in [0.05, 0.1) is 51.5 Å². The van der Waals surface area contributed by atoms with Gasteiger partial charge in [0.1, 0.15) is 11.9 Å². The number of aliphatic hydroxyl groups excluding tert-OH is 1. The number of nitrogens with zero attached hydrogens (tertiary/aromatic N) is 1. The molecular weight excluding hydrogens is 414 g/mol. The Labute approximate surface area is 188 Å². The maximum Gasteiger partial charge on any atom is 0.322 e. The minimum absolute atomic E-state index is 0.0213. The van der Waals surface area contributed by atoms with E-state index in [1.165, 1.54) is 6.42 Å². The topological polar surface area (TPSA) is 109 Å². The van der Waals surface area contributed by atoms with Gasteiger partial charge in [0.15, 0.2) is 0 Å². The molecule has 1 aromatic rings. The molecule has 2 saturated heterocycles. The molecule has 1 saturated carbocycles. The van der Waals surface area contributed by atoms with E-state index in [0.717, 1.165) is 12.8 Å². The zero-order valence-electron chi connectivity index (χ0n) is 18.5. The molecule has 0 unspecified atom stereocenters. The molecule has 32 heavy (non-hydrogen) atoms. The highest BCUT2D eigenvalue weighted by atomic mass is 16.5. The number of urea groups is 1. The molecule has 3 fully saturated rings. The van der Waals surface area contributed by atoms with Crippen molar-refractivity contribution < 1.29 is 28.9 Å². The number of anilines is 1. The van der Waals surface area contributed by atoms with Crippen molar-refractivity contribution in [2.24, 2.45) is 0 Å². The number of rotatable bonds is 5. The number of aliphatic hydroxyl groups is 1. The number of ether oxygens (including phenoxy) is 3. The minimum Gasteiger partial charge on any atom is -0.497 e.